The average Bonchev–Trinajstić information content (AvgIpc) is 3.29. The highest BCUT2D eigenvalue weighted by Crippen LogP contribution is 2.31. The second kappa shape index (κ2) is 5.88. The second-order valence-electron chi connectivity index (χ2n) is 5.74. The van der Waals surface area contributed by atoms with E-state index in [2.05, 4.69) is 10.4 Å². The summed E-state index contributed by atoms with van der Waals surface area (Å²) in [7, 11) is 0. The zero-order chi connectivity index (χ0) is 15.7. The van der Waals surface area contributed by atoms with Gasteiger partial charge >= 0.3 is 0 Å². The number of amides is 1. The number of halogens is 1. The first-order chi connectivity index (χ1) is 10.6. The summed E-state index contributed by atoms with van der Waals surface area (Å²) in [5.41, 5.74) is 7.92. The van der Waals surface area contributed by atoms with E-state index in [0.717, 1.165) is 12.8 Å². The fraction of sp³-hybridized carbons (Fsp3) is 0.375. The molecule has 0 spiro atoms. The Bertz CT molecular complexity index is 676. The molecule has 1 heterocycles. The Kier molecular flexibility index (Phi) is 3.94. The number of benzene rings is 1. The summed E-state index contributed by atoms with van der Waals surface area (Å²) in [6.07, 6.45) is 3.83. The van der Waals surface area contributed by atoms with Gasteiger partial charge < -0.3 is 11.1 Å². The fourth-order valence-electron chi connectivity index (χ4n) is 2.47. The topological polar surface area (TPSA) is 72.9 Å². The molecule has 1 aromatic heterocycles. The molecule has 1 saturated carbocycles. The van der Waals surface area contributed by atoms with Crippen molar-refractivity contribution in [3.05, 3.63) is 47.5 Å². The second-order valence-corrected chi connectivity index (χ2v) is 5.74. The largest absolute Gasteiger partial charge is 0.350 e. The van der Waals surface area contributed by atoms with Gasteiger partial charge in [-0.3, -0.25) is 4.79 Å². The van der Waals surface area contributed by atoms with Crippen LogP contribution < -0.4 is 11.1 Å². The summed E-state index contributed by atoms with van der Waals surface area (Å²) >= 11 is 0. The predicted molar refractivity (Wildman–Crippen MR) is 81.3 cm³/mol. The van der Waals surface area contributed by atoms with E-state index in [1.807, 2.05) is 6.92 Å². The lowest BCUT2D eigenvalue weighted by Crippen LogP contribution is -2.38. The van der Waals surface area contributed by atoms with E-state index in [1.165, 1.54) is 18.3 Å². The molecule has 5 nitrogen and oxygen atoms in total. The Labute approximate surface area is 128 Å². The van der Waals surface area contributed by atoms with Crippen molar-refractivity contribution < 1.29 is 9.18 Å². The Hall–Kier alpha value is -2.21. The third kappa shape index (κ3) is 3.01. The van der Waals surface area contributed by atoms with Crippen molar-refractivity contribution in [1.82, 2.24) is 15.1 Å². The zero-order valence-corrected chi connectivity index (χ0v) is 12.4. The molecule has 0 radical (unpaired) electrons. The van der Waals surface area contributed by atoms with E-state index in [9.17, 15) is 9.18 Å². The molecule has 0 saturated heterocycles. The molecule has 1 unspecified atom stereocenters. The maximum absolute atomic E-state index is 13.0. The van der Waals surface area contributed by atoms with Crippen molar-refractivity contribution in [3.63, 3.8) is 0 Å². The number of carbonyl (C=O) groups excluding carboxylic acids is 1. The number of aromatic nitrogens is 2. The summed E-state index contributed by atoms with van der Waals surface area (Å²) in [6, 6.07) is 6.01. The van der Waals surface area contributed by atoms with E-state index >= 15 is 0 Å². The van der Waals surface area contributed by atoms with Gasteiger partial charge in [-0.2, -0.15) is 5.10 Å². The van der Waals surface area contributed by atoms with Crippen LogP contribution in [0.5, 0.6) is 0 Å². The molecule has 3 rings (SSSR count). The highest BCUT2D eigenvalue weighted by molar-refractivity contribution is 5.95. The van der Waals surface area contributed by atoms with Gasteiger partial charge in [0.05, 0.1) is 23.1 Å². The monoisotopic (exact) mass is 302 g/mol. The Morgan fingerprint density at radius 1 is 1.45 bits per heavy atom. The summed E-state index contributed by atoms with van der Waals surface area (Å²) in [6.45, 7) is 2.29. The number of rotatable bonds is 5. The summed E-state index contributed by atoms with van der Waals surface area (Å²) < 4.78 is 14.6. The summed E-state index contributed by atoms with van der Waals surface area (Å²) in [5, 5.41) is 7.07. The van der Waals surface area contributed by atoms with Crippen molar-refractivity contribution >= 4 is 5.91 Å². The molecule has 2 aromatic rings. The highest BCUT2D eigenvalue weighted by Gasteiger charge is 2.28. The van der Waals surface area contributed by atoms with Crippen molar-refractivity contribution in [3.8, 4) is 5.69 Å². The van der Waals surface area contributed by atoms with Gasteiger partial charge in [-0.25, -0.2) is 9.07 Å². The predicted octanol–water partition coefficient (Wildman–Crippen LogP) is 1.79. The lowest BCUT2D eigenvalue weighted by molar-refractivity contribution is 0.0949. The summed E-state index contributed by atoms with van der Waals surface area (Å²) in [5.74, 6) is 0.0610. The van der Waals surface area contributed by atoms with Gasteiger partial charge in [0.1, 0.15) is 5.82 Å². The molecule has 1 fully saturated rings. The number of nitrogens with zero attached hydrogens (tertiary/aromatic N) is 2. The number of hydrogen-bond donors (Lipinski definition) is 2. The number of nitrogens with one attached hydrogen (secondary N) is 1. The maximum atomic E-state index is 13.0. The normalized spacial score (nSPS) is 15.6. The minimum atomic E-state index is -0.305. The third-order valence-electron chi connectivity index (χ3n) is 4.05. The van der Waals surface area contributed by atoms with Crippen LogP contribution in [0.4, 0.5) is 4.39 Å². The first-order valence-corrected chi connectivity index (χ1v) is 7.40. The van der Waals surface area contributed by atoms with Crippen LogP contribution in [0.1, 0.15) is 28.9 Å². The Morgan fingerprint density at radius 2 is 2.14 bits per heavy atom. The Balaban J connectivity index is 1.71. The highest BCUT2D eigenvalue weighted by atomic mass is 19.1. The van der Waals surface area contributed by atoms with Crippen LogP contribution in [0.3, 0.4) is 0 Å². The van der Waals surface area contributed by atoms with Crippen molar-refractivity contribution in [1.29, 1.82) is 0 Å². The fourth-order valence-corrected chi connectivity index (χ4v) is 2.47. The minimum Gasteiger partial charge on any atom is -0.350 e. The SMILES string of the molecule is Cc1c(C(=O)NCC(N)C2CC2)cnn1-c1ccc(F)cc1. The molecule has 0 bridgehead atoms. The molecular weight excluding hydrogens is 283 g/mol. The number of carbonyl (C=O) groups is 1. The quantitative estimate of drug-likeness (QED) is 0.884. The van der Waals surface area contributed by atoms with Gasteiger partial charge in [0.2, 0.25) is 0 Å². The van der Waals surface area contributed by atoms with E-state index in [4.69, 9.17) is 5.73 Å². The molecule has 1 aliphatic rings. The van der Waals surface area contributed by atoms with Crippen LogP contribution >= 0.6 is 0 Å². The molecule has 1 atom stereocenters. The molecule has 22 heavy (non-hydrogen) atoms. The number of nitrogens with two attached hydrogens (primary N) is 1. The first kappa shape index (κ1) is 14.7. The van der Waals surface area contributed by atoms with Crippen LogP contribution in [-0.2, 0) is 0 Å². The smallest absolute Gasteiger partial charge is 0.254 e. The van der Waals surface area contributed by atoms with Crippen molar-refractivity contribution in [2.24, 2.45) is 11.7 Å². The molecular formula is C16H19FN4O. The van der Waals surface area contributed by atoms with Gasteiger partial charge in [-0.05, 0) is 49.9 Å². The maximum Gasteiger partial charge on any atom is 0.254 e. The summed E-state index contributed by atoms with van der Waals surface area (Å²) in [4.78, 5) is 12.2. The zero-order valence-electron chi connectivity index (χ0n) is 12.4. The van der Waals surface area contributed by atoms with E-state index < -0.39 is 0 Å². The molecule has 3 N–H and O–H groups in total. The first-order valence-electron chi connectivity index (χ1n) is 7.40. The Morgan fingerprint density at radius 3 is 2.77 bits per heavy atom. The van der Waals surface area contributed by atoms with E-state index in [1.54, 1.807) is 16.8 Å². The van der Waals surface area contributed by atoms with Crippen LogP contribution in [0.25, 0.3) is 5.69 Å². The molecule has 0 aliphatic heterocycles. The lowest BCUT2D eigenvalue weighted by atomic mass is 10.2. The molecule has 1 amide bonds. The van der Waals surface area contributed by atoms with Crippen molar-refractivity contribution in [2.75, 3.05) is 6.54 Å². The van der Waals surface area contributed by atoms with Gasteiger partial charge in [-0.1, -0.05) is 0 Å². The van der Waals surface area contributed by atoms with Gasteiger partial charge in [0.25, 0.3) is 5.91 Å². The third-order valence-corrected chi connectivity index (χ3v) is 4.05. The van der Waals surface area contributed by atoms with Gasteiger partial charge in [-0.15, -0.1) is 0 Å². The van der Waals surface area contributed by atoms with Crippen LogP contribution in [0.15, 0.2) is 30.5 Å². The van der Waals surface area contributed by atoms with Crippen LogP contribution in [-0.4, -0.2) is 28.3 Å². The average molecular weight is 302 g/mol. The molecule has 116 valence electrons. The van der Waals surface area contributed by atoms with Crippen LogP contribution in [0, 0.1) is 18.7 Å². The van der Waals surface area contributed by atoms with Crippen LogP contribution in [0.2, 0.25) is 0 Å². The van der Waals surface area contributed by atoms with Gasteiger partial charge in [0.15, 0.2) is 0 Å². The molecule has 1 aliphatic carbocycles. The van der Waals surface area contributed by atoms with Crippen molar-refractivity contribution in [2.45, 2.75) is 25.8 Å². The molecule has 6 heteroatoms. The minimum absolute atomic E-state index is 0.0244. The lowest BCUT2D eigenvalue weighted by Gasteiger charge is -2.11. The van der Waals surface area contributed by atoms with E-state index in [-0.39, 0.29) is 17.8 Å². The molecule has 1 aromatic carbocycles. The standard InChI is InChI=1S/C16H19FN4O/c1-10-14(16(22)19-9-15(18)11-2-3-11)8-20-21(10)13-6-4-12(17)5-7-13/h4-8,11,15H,2-3,9,18H2,1H3,(H,19,22). The van der Waals surface area contributed by atoms with E-state index in [0.29, 0.717) is 29.4 Å². The van der Waals surface area contributed by atoms with Gasteiger partial charge in [0, 0.05) is 12.6 Å². The number of hydrogen-bond acceptors (Lipinski definition) is 3.